The first kappa shape index (κ1) is 16.5. The molecule has 2 aromatic rings. The summed E-state index contributed by atoms with van der Waals surface area (Å²) in [6.07, 6.45) is -0.379. The zero-order chi connectivity index (χ0) is 16.8. The van der Waals surface area contributed by atoms with E-state index < -0.39 is 26.0 Å². The van der Waals surface area contributed by atoms with Gasteiger partial charge in [0.2, 0.25) is 0 Å². The quantitative estimate of drug-likeness (QED) is 0.452. The van der Waals surface area contributed by atoms with E-state index in [9.17, 15) is 9.67 Å². The Morgan fingerprint density at radius 2 is 2.43 bits per heavy atom. The molecule has 1 aliphatic rings. The molecule has 10 nitrogen and oxygen atoms in total. The van der Waals surface area contributed by atoms with Gasteiger partial charge in [-0.05, 0) is 0 Å². The number of ether oxygens (including phenoxy) is 1. The Bertz CT molecular complexity index is 832. The van der Waals surface area contributed by atoms with Crippen molar-refractivity contribution in [1.82, 2.24) is 19.5 Å². The fourth-order valence-electron chi connectivity index (χ4n) is 2.45. The molecule has 4 atom stereocenters. The summed E-state index contributed by atoms with van der Waals surface area (Å²) in [5.41, 5.74) is 6.58. The van der Waals surface area contributed by atoms with Crippen molar-refractivity contribution in [2.24, 2.45) is 0 Å². The van der Waals surface area contributed by atoms with Crippen LogP contribution >= 0.6 is 19.8 Å². The fourth-order valence-corrected chi connectivity index (χ4v) is 3.15. The highest BCUT2D eigenvalue weighted by Crippen LogP contribution is 2.39. The lowest BCUT2D eigenvalue weighted by molar-refractivity contribution is -0.0464. The van der Waals surface area contributed by atoms with Crippen molar-refractivity contribution in [1.29, 1.82) is 0 Å². The number of nitrogens with zero attached hydrogens (tertiary/aromatic N) is 3. The summed E-state index contributed by atoms with van der Waals surface area (Å²) in [5.74, 6) is 0.129. The molecule has 0 aromatic carbocycles. The van der Waals surface area contributed by atoms with Crippen LogP contribution in [0.15, 0.2) is 6.33 Å². The molecule has 2 unspecified atom stereocenters. The first-order chi connectivity index (χ1) is 10.7. The molecular formula is C11H16N5O5PS. The summed E-state index contributed by atoms with van der Waals surface area (Å²) in [6, 6.07) is 0. The van der Waals surface area contributed by atoms with Gasteiger partial charge in [-0.25, -0.2) is 9.97 Å². The number of aliphatic hydroxyl groups is 1. The largest absolute Gasteiger partial charge is 0.388 e. The van der Waals surface area contributed by atoms with Gasteiger partial charge in [-0.3, -0.25) is 9.13 Å². The number of rotatable bonds is 4. The Kier molecular flexibility index (Phi) is 4.25. The van der Waals surface area contributed by atoms with Crippen LogP contribution in [0.4, 0.5) is 5.95 Å². The van der Waals surface area contributed by atoms with Gasteiger partial charge >= 0.3 is 7.60 Å². The molecule has 0 aliphatic carbocycles. The van der Waals surface area contributed by atoms with Crippen molar-refractivity contribution in [2.75, 3.05) is 19.0 Å². The Morgan fingerprint density at radius 1 is 1.70 bits per heavy atom. The van der Waals surface area contributed by atoms with Gasteiger partial charge in [0.1, 0.15) is 17.3 Å². The average molecular weight is 361 g/mol. The highest BCUT2D eigenvalue weighted by molar-refractivity contribution is 7.71. The molecule has 126 valence electrons. The van der Waals surface area contributed by atoms with Crippen LogP contribution in [0, 0.1) is 4.64 Å². The maximum Gasteiger partial charge on any atom is 0.325 e. The third-order valence-electron chi connectivity index (χ3n) is 3.40. The van der Waals surface area contributed by atoms with E-state index in [1.165, 1.54) is 6.33 Å². The number of anilines is 1. The van der Waals surface area contributed by atoms with Gasteiger partial charge in [-0.1, -0.05) is 12.2 Å². The number of nitrogens with one attached hydrogen (secondary N) is 1. The molecule has 1 fully saturated rings. The molecule has 3 rings (SSSR count). The molecule has 12 heteroatoms. The van der Waals surface area contributed by atoms with E-state index in [-0.39, 0.29) is 23.6 Å². The van der Waals surface area contributed by atoms with Crippen LogP contribution in [0.2, 0.25) is 0 Å². The predicted molar refractivity (Wildman–Crippen MR) is 83.4 cm³/mol. The Balaban J connectivity index is 1.85. The number of hydrogen-bond donors (Lipinski definition) is 4. The first-order valence-corrected chi connectivity index (χ1v) is 9.18. The van der Waals surface area contributed by atoms with Gasteiger partial charge in [-0.2, -0.15) is 0 Å². The minimum absolute atomic E-state index is 0.0931. The lowest BCUT2D eigenvalue weighted by atomic mass is 10.2. The summed E-state index contributed by atoms with van der Waals surface area (Å²) in [6.45, 7) is 0.999. The summed E-state index contributed by atoms with van der Waals surface area (Å²) in [7, 11) is -3.60. The predicted octanol–water partition coefficient (Wildman–Crippen LogP) is 0.551. The monoisotopic (exact) mass is 361 g/mol. The normalized spacial score (nSPS) is 27.3. The number of fused-ring (bicyclic) bond motifs is 1. The van der Waals surface area contributed by atoms with Crippen LogP contribution in [0.25, 0.3) is 11.2 Å². The van der Waals surface area contributed by atoms with E-state index in [0.29, 0.717) is 11.2 Å². The second-order valence-corrected chi connectivity index (χ2v) is 7.58. The molecule has 3 heterocycles. The van der Waals surface area contributed by atoms with Gasteiger partial charge in [-0.15, -0.1) is 0 Å². The maximum absolute atomic E-state index is 11.2. The van der Waals surface area contributed by atoms with Crippen LogP contribution in [-0.2, 0) is 13.8 Å². The van der Waals surface area contributed by atoms with Crippen molar-refractivity contribution in [2.45, 2.75) is 24.9 Å². The van der Waals surface area contributed by atoms with E-state index in [1.807, 2.05) is 0 Å². The second-order valence-electron chi connectivity index (χ2n) is 5.33. The molecule has 0 spiro atoms. The lowest BCUT2D eigenvalue weighted by Crippen LogP contribution is -2.19. The number of aromatic nitrogens is 4. The van der Waals surface area contributed by atoms with Crippen molar-refractivity contribution in [3.63, 3.8) is 0 Å². The topological polar surface area (TPSA) is 149 Å². The van der Waals surface area contributed by atoms with Crippen molar-refractivity contribution in [3.05, 3.63) is 11.0 Å². The highest BCUT2D eigenvalue weighted by atomic mass is 32.1. The summed E-state index contributed by atoms with van der Waals surface area (Å²) < 4.78 is 23.5. The Labute approximate surface area is 135 Å². The van der Waals surface area contributed by atoms with Gasteiger partial charge in [0, 0.05) is 13.1 Å². The number of hydrogen-bond acceptors (Lipinski definition) is 8. The van der Waals surface area contributed by atoms with Crippen LogP contribution in [0.3, 0.4) is 0 Å². The molecule has 0 radical (unpaired) electrons. The molecule has 0 amide bonds. The minimum atomic E-state index is -3.60. The van der Waals surface area contributed by atoms with E-state index >= 15 is 0 Å². The number of nitrogens with two attached hydrogens (primary N) is 1. The second kappa shape index (κ2) is 5.93. The lowest BCUT2D eigenvalue weighted by Gasteiger charge is -2.17. The smallest absolute Gasteiger partial charge is 0.325 e. The molecule has 5 N–H and O–H groups in total. The van der Waals surface area contributed by atoms with Gasteiger partial charge < -0.3 is 30.0 Å². The van der Waals surface area contributed by atoms with Gasteiger partial charge in [0.25, 0.3) is 0 Å². The Morgan fingerprint density at radius 3 is 3.13 bits per heavy atom. The standard InChI is InChI=1S/C11H16N5O5PS/c1-22(18,19)20-3-5-2-6(17)10(21-5)16-4-13-7-8(16)14-11(12)15-9(7)23/h4-6,10,17H,2-3H2,1H3,(H,18,19)(H3,12,14,15,23)/t5-,6-,10?/m0/s1. The maximum atomic E-state index is 11.2. The van der Waals surface area contributed by atoms with E-state index in [4.69, 9.17) is 32.1 Å². The van der Waals surface area contributed by atoms with Crippen molar-refractivity contribution >= 4 is 36.9 Å². The van der Waals surface area contributed by atoms with Gasteiger partial charge in [0.15, 0.2) is 16.8 Å². The molecule has 0 saturated carbocycles. The minimum Gasteiger partial charge on any atom is -0.388 e. The third-order valence-corrected chi connectivity index (χ3v) is 4.32. The number of H-pyrrole nitrogens is 1. The zero-order valence-electron chi connectivity index (χ0n) is 12.1. The fraction of sp³-hybridized carbons (Fsp3) is 0.545. The SMILES string of the molecule is CP(=O)(O)OC[C@@H]1C[C@H](O)C(n2cnc3c(=S)nc(N)[nH]c32)O1. The summed E-state index contributed by atoms with van der Waals surface area (Å²) >= 11 is 5.10. The molecule has 1 saturated heterocycles. The number of imidazole rings is 1. The molecular weight excluding hydrogens is 345 g/mol. The molecule has 1 aliphatic heterocycles. The van der Waals surface area contributed by atoms with Crippen LogP contribution in [0.1, 0.15) is 12.6 Å². The van der Waals surface area contributed by atoms with Gasteiger partial charge in [0.05, 0.1) is 19.0 Å². The average Bonchev–Trinajstić information content (AvgIpc) is 2.99. The van der Waals surface area contributed by atoms with Crippen LogP contribution < -0.4 is 5.73 Å². The molecule has 2 aromatic heterocycles. The van der Waals surface area contributed by atoms with Crippen molar-refractivity contribution < 1.29 is 23.8 Å². The van der Waals surface area contributed by atoms with Crippen LogP contribution in [0.5, 0.6) is 0 Å². The Hall–Kier alpha value is -1.36. The number of aromatic amines is 1. The zero-order valence-corrected chi connectivity index (χ0v) is 13.8. The van der Waals surface area contributed by atoms with Crippen molar-refractivity contribution in [3.8, 4) is 0 Å². The number of aliphatic hydroxyl groups excluding tert-OH is 1. The molecule has 0 bridgehead atoms. The van der Waals surface area contributed by atoms with E-state index in [2.05, 4.69) is 15.0 Å². The van der Waals surface area contributed by atoms with Crippen LogP contribution in [-0.4, -0.2) is 55.0 Å². The van der Waals surface area contributed by atoms with E-state index in [1.54, 1.807) is 4.57 Å². The molecule has 23 heavy (non-hydrogen) atoms. The first-order valence-electron chi connectivity index (χ1n) is 6.75. The summed E-state index contributed by atoms with van der Waals surface area (Å²) in [4.78, 5) is 20.1. The highest BCUT2D eigenvalue weighted by Gasteiger charge is 2.37. The number of nitrogen functional groups attached to an aromatic ring is 1. The van der Waals surface area contributed by atoms with E-state index in [0.717, 1.165) is 6.66 Å². The summed E-state index contributed by atoms with van der Waals surface area (Å²) in [5, 5.41) is 10.2. The third kappa shape index (κ3) is 3.44.